The van der Waals surface area contributed by atoms with Gasteiger partial charge in [0, 0.05) is 23.4 Å². The molecule has 0 bridgehead atoms. The minimum absolute atomic E-state index is 0.0553. The molecular formula is C18H13ClF2N4O2S. The number of anilines is 1. The molecule has 3 aromatic rings. The number of benzene rings is 1. The molecule has 1 aliphatic heterocycles. The molecule has 0 amide bonds. The molecule has 1 N–H and O–H groups in total. The summed E-state index contributed by atoms with van der Waals surface area (Å²) in [5.74, 6) is -2.13. The number of fused-ring (bicyclic) bond motifs is 3. The van der Waals surface area contributed by atoms with E-state index in [1.54, 1.807) is 6.20 Å². The number of rotatable bonds is 3. The number of nitrogens with zero attached hydrogens (tertiary/aromatic N) is 3. The molecule has 2 aliphatic rings. The van der Waals surface area contributed by atoms with E-state index in [0.717, 1.165) is 29.3 Å². The van der Waals surface area contributed by atoms with Gasteiger partial charge in [0.25, 0.3) is 10.0 Å². The van der Waals surface area contributed by atoms with Crippen molar-refractivity contribution in [2.75, 3.05) is 4.31 Å². The van der Waals surface area contributed by atoms with Crippen molar-refractivity contribution >= 4 is 27.3 Å². The molecule has 0 spiro atoms. The van der Waals surface area contributed by atoms with Crippen LogP contribution in [0.2, 0.25) is 5.02 Å². The molecule has 2 aromatic heterocycles. The Morgan fingerprint density at radius 3 is 2.57 bits per heavy atom. The minimum atomic E-state index is -4.16. The van der Waals surface area contributed by atoms with Gasteiger partial charge in [-0.1, -0.05) is 11.6 Å². The van der Waals surface area contributed by atoms with Crippen molar-refractivity contribution in [3.8, 4) is 11.3 Å². The number of halogens is 3. The van der Waals surface area contributed by atoms with Crippen molar-refractivity contribution < 1.29 is 17.2 Å². The van der Waals surface area contributed by atoms with Crippen LogP contribution in [0.4, 0.5) is 14.5 Å². The van der Waals surface area contributed by atoms with E-state index in [9.17, 15) is 17.2 Å². The second-order valence-corrected chi connectivity index (χ2v) is 9.08. The molecular weight excluding hydrogens is 410 g/mol. The molecule has 6 nitrogen and oxygen atoms in total. The van der Waals surface area contributed by atoms with E-state index in [1.165, 1.54) is 18.3 Å². The molecule has 1 saturated carbocycles. The maximum Gasteiger partial charge on any atom is 0.282 e. The predicted molar refractivity (Wildman–Crippen MR) is 98.3 cm³/mol. The van der Waals surface area contributed by atoms with Crippen LogP contribution in [-0.4, -0.2) is 23.6 Å². The lowest BCUT2D eigenvalue weighted by atomic mass is 9.93. The first-order chi connectivity index (χ1) is 13.4. The summed E-state index contributed by atoms with van der Waals surface area (Å²) in [6, 6.07) is 4.05. The van der Waals surface area contributed by atoms with E-state index in [-0.39, 0.29) is 22.2 Å². The molecule has 0 radical (unpaired) electrons. The molecule has 1 atom stereocenters. The maximum absolute atomic E-state index is 14.1. The summed E-state index contributed by atoms with van der Waals surface area (Å²) < 4.78 is 56.2. The van der Waals surface area contributed by atoms with Crippen molar-refractivity contribution in [2.45, 2.75) is 23.9 Å². The number of hydrogen-bond donors (Lipinski definition) is 1. The molecule has 1 unspecified atom stereocenters. The lowest BCUT2D eigenvalue weighted by molar-refractivity contribution is 0.506. The van der Waals surface area contributed by atoms with Crippen LogP contribution in [0.25, 0.3) is 11.3 Å². The fraction of sp³-hybridized carbons (Fsp3) is 0.222. The smallest absolute Gasteiger partial charge is 0.277 e. The van der Waals surface area contributed by atoms with Gasteiger partial charge in [-0.25, -0.2) is 13.8 Å². The Bertz CT molecular complexity index is 1190. The second kappa shape index (κ2) is 5.99. The summed E-state index contributed by atoms with van der Waals surface area (Å²) in [4.78, 5) is 3.94. The number of hydrogen-bond acceptors (Lipinski definition) is 4. The summed E-state index contributed by atoms with van der Waals surface area (Å²) >= 11 is 5.83. The van der Waals surface area contributed by atoms with Gasteiger partial charge in [-0.3, -0.25) is 9.40 Å². The molecule has 144 valence electrons. The van der Waals surface area contributed by atoms with Gasteiger partial charge in [0.2, 0.25) is 0 Å². The third-order valence-electron chi connectivity index (χ3n) is 5.08. The Morgan fingerprint density at radius 1 is 1.14 bits per heavy atom. The van der Waals surface area contributed by atoms with Crippen LogP contribution in [0.5, 0.6) is 0 Å². The van der Waals surface area contributed by atoms with E-state index in [0.29, 0.717) is 16.3 Å². The monoisotopic (exact) mass is 422 g/mol. The van der Waals surface area contributed by atoms with E-state index in [2.05, 4.69) is 15.2 Å². The highest BCUT2D eigenvalue weighted by Gasteiger charge is 2.47. The highest BCUT2D eigenvalue weighted by atomic mass is 35.5. The fourth-order valence-electron chi connectivity index (χ4n) is 3.68. The highest BCUT2D eigenvalue weighted by molar-refractivity contribution is 7.92. The van der Waals surface area contributed by atoms with Crippen LogP contribution in [0, 0.1) is 17.6 Å². The van der Waals surface area contributed by atoms with E-state index in [4.69, 9.17) is 11.6 Å². The molecule has 1 fully saturated rings. The average Bonchev–Trinajstić information content (AvgIpc) is 3.38. The van der Waals surface area contributed by atoms with Crippen LogP contribution in [0.1, 0.15) is 24.4 Å². The van der Waals surface area contributed by atoms with Gasteiger partial charge in [0.15, 0.2) is 16.7 Å². The van der Waals surface area contributed by atoms with Gasteiger partial charge < -0.3 is 0 Å². The second-order valence-electron chi connectivity index (χ2n) is 6.88. The lowest BCUT2D eigenvalue weighted by Gasteiger charge is -2.37. The topological polar surface area (TPSA) is 79.0 Å². The van der Waals surface area contributed by atoms with Crippen LogP contribution >= 0.6 is 11.6 Å². The minimum Gasteiger partial charge on any atom is -0.277 e. The largest absolute Gasteiger partial charge is 0.282 e. The van der Waals surface area contributed by atoms with E-state index >= 15 is 0 Å². The summed E-state index contributed by atoms with van der Waals surface area (Å²) in [5, 5.41) is 6.90. The number of aromatic amines is 1. The van der Waals surface area contributed by atoms with Gasteiger partial charge in [-0.2, -0.15) is 13.5 Å². The standard InChI is InChI=1S/C18H13ClF2N4O2S/c19-10-3-4-16(22-7-10)28(26,27)25-15-6-14(21)13(20)5-11(15)17-12(8-23-24-17)18(25)9-1-2-9/h3-9,18H,1-2H2,(H,23,24). The number of aromatic nitrogens is 3. The molecule has 0 saturated heterocycles. The molecule has 10 heteroatoms. The Kier molecular flexibility index (Phi) is 3.76. The van der Waals surface area contributed by atoms with E-state index in [1.807, 2.05) is 0 Å². The predicted octanol–water partition coefficient (Wildman–Crippen LogP) is 4.06. The van der Waals surface area contributed by atoms with Crippen molar-refractivity contribution in [1.29, 1.82) is 0 Å². The van der Waals surface area contributed by atoms with Crippen molar-refractivity contribution in [3.63, 3.8) is 0 Å². The molecule has 28 heavy (non-hydrogen) atoms. The van der Waals surface area contributed by atoms with Crippen LogP contribution in [0.3, 0.4) is 0 Å². The molecule has 5 rings (SSSR count). The first-order valence-electron chi connectivity index (χ1n) is 8.56. The van der Waals surface area contributed by atoms with Crippen molar-refractivity contribution in [3.05, 3.63) is 58.9 Å². The summed E-state index contributed by atoms with van der Waals surface area (Å²) in [6.45, 7) is 0. The zero-order valence-corrected chi connectivity index (χ0v) is 15.8. The van der Waals surface area contributed by atoms with Gasteiger partial charge >= 0.3 is 0 Å². The van der Waals surface area contributed by atoms with Gasteiger partial charge in [-0.05, 0) is 37.0 Å². The fourth-order valence-corrected chi connectivity index (χ4v) is 5.42. The third kappa shape index (κ3) is 2.53. The van der Waals surface area contributed by atoms with Gasteiger partial charge in [-0.15, -0.1) is 0 Å². The quantitative estimate of drug-likeness (QED) is 0.690. The van der Waals surface area contributed by atoms with Crippen molar-refractivity contribution in [1.82, 2.24) is 15.2 Å². The number of nitrogens with one attached hydrogen (secondary N) is 1. The maximum atomic E-state index is 14.1. The zero-order valence-electron chi connectivity index (χ0n) is 14.2. The Labute approximate surface area is 164 Å². The van der Waals surface area contributed by atoms with Gasteiger partial charge in [0.1, 0.15) is 0 Å². The number of sulfonamides is 1. The Balaban J connectivity index is 1.78. The van der Waals surface area contributed by atoms with Crippen LogP contribution < -0.4 is 4.31 Å². The number of H-pyrrole nitrogens is 1. The molecule has 1 aliphatic carbocycles. The highest BCUT2D eigenvalue weighted by Crippen LogP contribution is 2.54. The lowest BCUT2D eigenvalue weighted by Crippen LogP contribution is -2.39. The first-order valence-corrected chi connectivity index (χ1v) is 10.4. The average molecular weight is 423 g/mol. The Hall–Kier alpha value is -2.52. The SMILES string of the molecule is O=S(=O)(c1ccc(Cl)cn1)N1c2cc(F)c(F)cc2-c2[nH]ncc2C1C1CC1. The van der Waals surface area contributed by atoms with Gasteiger partial charge in [0.05, 0.1) is 28.6 Å². The van der Waals surface area contributed by atoms with E-state index < -0.39 is 27.7 Å². The normalized spacial score (nSPS) is 18.7. The Morgan fingerprint density at radius 2 is 1.89 bits per heavy atom. The summed E-state index contributed by atoms with van der Waals surface area (Å²) in [7, 11) is -4.16. The molecule has 3 heterocycles. The molecule has 1 aromatic carbocycles. The zero-order chi connectivity index (χ0) is 19.6. The van der Waals surface area contributed by atoms with Crippen LogP contribution in [0.15, 0.2) is 41.7 Å². The van der Waals surface area contributed by atoms with Crippen molar-refractivity contribution in [2.24, 2.45) is 5.92 Å². The third-order valence-corrected chi connectivity index (χ3v) is 7.01. The summed E-state index contributed by atoms with van der Waals surface area (Å²) in [6.07, 6.45) is 4.43. The first kappa shape index (κ1) is 17.6. The van der Waals surface area contributed by atoms with Crippen LogP contribution in [-0.2, 0) is 10.0 Å². The number of pyridine rings is 1. The summed E-state index contributed by atoms with van der Waals surface area (Å²) in [5.41, 5.74) is 1.44.